The Balaban J connectivity index is 1.32. The summed E-state index contributed by atoms with van der Waals surface area (Å²) in [6.45, 7) is 0.642. The molecule has 0 saturated carbocycles. The number of anilines is 1. The Hall–Kier alpha value is -4.07. The van der Waals surface area contributed by atoms with Crippen LogP contribution in [0.3, 0.4) is 0 Å². The average molecular weight is 428 g/mol. The number of H-pyrrole nitrogens is 1. The number of hydrogen-bond acceptors (Lipinski definition) is 6. The number of furan rings is 1. The number of methoxy groups -OCH3 is 1. The fourth-order valence-corrected chi connectivity index (χ4v) is 3.76. The number of imidazole rings is 1. The van der Waals surface area contributed by atoms with Gasteiger partial charge in [0.1, 0.15) is 22.9 Å². The number of rotatable bonds is 8. The fraction of sp³-hybridized carbons (Fsp3) is 0.208. The average Bonchev–Trinajstić information content (AvgIpc) is 3.56. The van der Waals surface area contributed by atoms with E-state index in [0.29, 0.717) is 12.2 Å². The quantitative estimate of drug-likeness (QED) is 0.381. The summed E-state index contributed by atoms with van der Waals surface area (Å²) in [5.41, 5.74) is 5.72. The van der Waals surface area contributed by atoms with Gasteiger partial charge in [-0.25, -0.2) is 9.97 Å². The van der Waals surface area contributed by atoms with Crippen LogP contribution in [0.5, 0.6) is 5.75 Å². The van der Waals surface area contributed by atoms with Gasteiger partial charge in [-0.15, -0.1) is 0 Å². The van der Waals surface area contributed by atoms with Gasteiger partial charge in [0.25, 0.3) is 0 Å². The van der Waals surface area contributed by atoms with E-state index in [2.05, 4.69) is 43.6 Å². The molecule has 0 unspecified atom stereocenters. The Labute approximate surface area is 185 Å². The summed E-state index contributed by atoms with van der Waals surface area (Å²) in [4.78, 5) is 12.4. The zero-order valence-electron chi connectivity index (χ0n) is 18.0. The van der Waals surface area contributed by atoms with Crippen molar-refractivity contribution in [3.8, 4) is 16.9 Å². The number of pyridine rings is 1. The van der Waals surface area contributed by atoms with Gasteiger partial charge < -0.3 is 19.5 Å². The molecular formula is C24H24N6O2. The van der Waals surface area contributed by atoms with Gasteiger partial charge in [-0.1, -0.05) is 12.1 Å². The van der Waals surface area contributed by atoms with E-state index in [-0.39, 0.29) is 0 Å². The van der Waals surface area contributed by atoms with Crippen molar-refractivity contribution in [2.75, 3.05) is 12.4 Å². The van der Waals surface area contributed by atoms with Crippen LogP contribution in [0, 0.1) is 0 Å². The molecule has 0 atom stereocenters. The maximum Gasteiger partial charge on any atom is 0.179 e. The maximum absolute atomic E-state index is 5.63. The Bertz CT molecular complexity index is 1340. The van der Waals surface area contributed by atoms with E-state index in [1.165, 1.54) is 0 Å². The Morgan fingerprint density at radius 1 is 1.19 bits per heavy atom. The molecule has 0 radical (unpaired) electrons. The second-order valence-electron chi connectivity index (χ2n) is 7.61. The van der Waals surface area contributed by atoms with Crippen molar-refractivity contribution in [1.82, 2.24) is 24.7 Å². The molecule has 0 saturated heterocycles. The highest BCUT2D eigenvalue weighted by Crippen LogP contribution is 2.31. The second kappa shape index (κ2) is 8.58. The standard InChI is InChI=1S/C24H24N6O2/c1-30-15-17(14-27-30)19-7-5-16(12-21(19)31-2)13-26-20-9-10-25-24-23(20)28-22(29-24)8-6-18-4-3-11-32-18/h3-5,7,9-12,14-15H,6,8,13H2,1-2H3,(H2,25,26,28,29). The highest BCUT2D eigenvalue weighted by atomic mass is 16.5. The first-order chi connectivity index (χ1) is 15.7. The van der Waals surface area contributed by atoms with Gasteiger partial charge in [0.05, 0.1) is 25.3 Å². The van der Waals surface area contributed by atoms with Crippen molar-refractivity contribution in [1.29, 1.82) is 0 Å². The molecule has 5 rings (SSSR count). The van der Waals surface area contributed by atoms with Gasteiger partial charge >= 0.3 is 0 Å². The van der Waals surface area contributed by atoms with Crippen molar-refractivity contribution < 1.29 is 9.15 Å². The second-order valence-corrected chi connectivity index (χ2v) is 7.61. The lowest BCUT2D eigenvalue weighted by atomic mass is 10.1. The molecule has 0 spiro atoms. The lowest BCUT2D eigenvalue weighted by Gasteiger charge is -2.11. The van der Waals surface area contributed by atoms with Crippen molar-refractivity contribution in [3.05, 3.63) is 78.4 Å². The number of aryl methyl sites for hydroxylation is 3. The predicted octanol–water partition coefficient (Wildman–Crippen LogP) is 4.36. The van der Waals surface area contributed by atoms with Crippen molar-refractivity contribution >= 4 is 16.9 Å². The van der Waals surface area contributed by atoms with E-state index in [4.69, 9.17) is 9.15 Å². The summed E-state index contributed by atoms with van der Waals surface area (Å²) < 4.78 is 12.8. The molecule has 0 aliphatic rings. The Kier molecular flexibility index (Phi) is 5.33. The highest BCUT2D eigenvalue weighted by Gasteiger charge is 2.11. The van der Waals surface area contributed by atoms with Gasteiger partial charge in [-0.05, 0) is 29.8 Å². The van der Waals surface area contributed by atoms with Gasteiger partial charge in [0.15, 0.2) is 5.65 Å². The van der Waals surface area contributed by atoms with Crippen LogP contribution in [0.4, 0.5) is 5.69 Å². The van der Waals surface area contributed by atoms with E-state index >= 15 is 0 Å². The number of fused-ring (bicyclic) bond motifs is 1. The first-order valence-corrected chi connectivity index (χ1v) is 10.5. The summed E-state index contributed by atoms with van der Waals surface area (Å²) in [6.07, 6.45) is 8.83. The van der Waals surface area contributed by atoms with Crippen LogP contribution < -0.4 is 10.1 Å². The minimum atomic E-state index is 0.642. The topological polar surface area (TPSA) is 93.8 Å². The monoisotopic (exact) mass is 428 g/mol. The number of hydrogen-bond donors (Lipinski definition) is 2. The number of aromatic amines is 1. The number of nitrogens with one attached hydrogen (secondary N) is 2. The molecule has 4 aromatic heterocycles. The maximum atomic E-state index is 5.63. The predicted molar refractivity (Wildman–Crippen MR) is 123 cm³/mol. The van der Waals surface area contributed by atoms with Gasteiger partial charge in [-0.2, -0.15) is 5.10 Å². The van der Waals surface area contributed by atoms with Gasteiger partial charge in [-0.3, -0.25) is 4.68 Å². The lowest BCUT2D eigenvalue weighted by Crippen LogP contribution is -2.01. The molecule has 4 heterocycles. The molecule has 0 bridgehead atoms. The molecule has 5 aromatic rings. The third-order valence-corrected chi connectivity index (χ3v) is 5.39. The molecule has 8 nitrogen and oxygen atoms in total. The zero-order valence-corrected chi connectivity index (χ0v) is 18.0. The smallest absolute Gasteiger partial charge is 0.179 e. The minimum Gasteiger partial charge on any atom is -0.496 e. The third kappa shape index (κ3) is 4.07. The van der Waals surface area contributed by atoms with Crippen molar-refractivity contribution in [2.24, 2.45) is 7.05 Å². The molecule has 0 aliphatic carbocycles. The van der Waals surface area contributed by atoms with Gasteiger partial charge in [0.2, 0.25) is 0 Å². The van der Waals surface area contributed by atoms with E-state index in [1.807, 2.05) is 37.6 Å². The van der Waals surface area contributed by atoms with Crippen molar-refractivity contribution in [3.63, 3.8) is 0 Å². The highest BCUT2D eigenvalue weighted by molar-refractivity contribution is 5.85. The fourth-order valence-electron chi connectivity index (χ4n) is 3.76. The molecule has 0 fully saturated rings. The van der Waals surface area contributed by atoms with Crippen LogP contribution in [-0.2, 0) is 26.4 Å². The number of nitrogens with zero attached hydrogens (tertiary/aromatic N) is 4. The van der Waals surface area contributed by atoms with Gasteiger partial charge in [0, 0.05) is 50.0 Å². The molecule has 1 aromatic carbocycles. The zero-order chi connectivity index (χ0) is 21.9. The molecule has 0 aliphatic heterocycles. The largest absolute Gasteiger partial charge is 0.496 e. The SMILES string of the molecule is COc1cc(CNc2ccnc3nc(CCc4ccco4)[nH]c23)ccc1-c1cnn(C)c1. The molecule has 32 heavy (non-hydrogen) atoms. The van der Waals surface area contributed by atoms with E-state index in [0.717, 1.165) is 58.1 Å². The summed E-state index contributed by atoms with van der Waals surface area (Å²) in [7, 11) is 3.59. The minimum absolute atomic E-state index is 0.642. The lowest BCUT2D eigenvalue weighted by molar-refractivity contribution is 0.416. The van der Waals surface area contributed by atoms with Crippen LogP contribution in [-0.4, -0.2) is 31.8 Å². The first kappa shape index (κ1) is 19.9. The first-order valence-electron chi connectivity index (χ1n) is 10.5. The summed E-state index contributed by atoms with van der Waals surface area (Å²) >= 11 is 0. The van der Waals surface area contributed by atoms with Crippen LogP contribution in [0.1, 0.15) is 17.1 Å². The van der Waals surface area contributed by atoms with Crippen LogP contribution in [0.25, 0.3) is 22.3 Å². The van der Waals surface area contributed by atoms with Crippen LogP contribution in [0.15, 0.2) is 65.7 Å². The number of ether oxygens (including phenoxy) is 1. The van der Waals surface area contributed by atoms with Crippen molar-refractivity contribution in [2.45, 2.75) is 19.4 Å². The summed E-state index contributed by atoms with van der Waals surface area (Å²) in [5, 5.41) is 7.75. The van der Waals surface area contributed by atoms with E-state index in [1.54, 1.807) is 24.3 Å². The van der Waals surface area contributed by atoms with E-state index in [9.17, 15) is 0 Å². The summed E-state index contributed by atoms with van der Waals surface area (Å²) in [5.74, 6) is 2.65. The Morgan fingerprint density at radius 3 is 2.91 bits per heavy atom. The van der Waals surface area contributed by atoms with E-state index < -0.39 is 0 Å². The van der Waals surface area contributed by atoms with Crippen LogP contribution in [0.2, 0.25) is 0 Å². The molecular weight excluding hydrogens is 404 g/mol. The number of aromatic nitrogens is 5. The summed E-state index contributed by atoms with van der Waals surface area (Å²) in [6, 6.07) is 12.0. The molecule has 162 valence electrons. The normalized spacial score (nSPS) is 11.2. The molecule has 0 amide bonds. The molecule has 2 N–H and O–H groups in total. The molecule has 8 heteroatoms. The third-order valence-electron chi connectivity index (χ3n) is 5.39. The van der Waals surface area contributed by atoms with Crippen LogP contribution >= 0.6 is 0 Å². The Morgan fingerprint density at radius 2 is 2.12 bits per heavy atom. The number of benzene rings is 1.